The number of methoxy groups -OCH3 is 1. The Bertz CT molecular complexity index is 309. The summed E-state index contributed by atoms with van der Waals surface area (Å²) in [7, 11) is 1.61. The van der Waals surface area contributed by atoms with E-state index in [1.165, 1.54) is 0 Å². The number of ether oxygens (including phenoxy) is 1. The van der Waals surface area contributed by atoms with Crippen LogP contribution in [0.4, 0.5) is 0 Å². The summed E-state index contributed by atoms with van der Waals surface area (Å²) in [6.45, 7) is 0.0837. The molecule has 0 bridgehead atoms. The van der Waals surface area contributed by atoms with Gasteiger partial charge in [0.1, 0.15) is 5.75 Å². The largest absolute Gasteiger partial charge is 0.496 e. The van der Waals surface area contributed by atoms with Crippen molar-refractivity contribution in [2.75, 3.05) is 13.7 Å². The Balaban J connectivity index is 0.00000196. The number of nitrogens with two attached hydrogens (primary N) is 1. The predicted molar refractivity (Wildman–Crippen MR) is 66.6 cm³/mol. The number of aliphatic hydroxyl groups is 1. The topological polar surface area (TPSA) is 55.5 Å². The highest BCUT2D eigenvalue weighted by Gasteiger charge is 2.11. The zero-order valence-electron chi connectivity index (χ0n) is 8.44. The van der Waals surface area contributed by atoms with Gasteiger partial charge in [-0.05, 0) is 18.6 Å². The van der Waals surface area contributed by atoms with Crippen LogP contribution in [0.3, 0.4) is 0 Å². The lowest BCUT2D eigenvalue weighted by Crippen LogP contribution is -2.13. The summed E-state index contributed by atoms with van der Waals surface area (Å²) in [6, 6.07) is 5.51. The molecule has 0 radical (unpaired) electrons. The zero-order chi connectivity index (χ0) is 10.6. The van der Waals surface area contributed by atoms with Gasteiger partial charge in [-0.15, -0.1) is 12.4 Å². The Labute approximate surface area is 104 Å². The molecule has 0 aliphatic carbocycles. The van der Waals surface area contributed by atoms with Crippen molar-refractivity contribution in [2.24, 2.45) is 5.73 Å². The van der Waals surface area contributed by atoms with E-state index in [1.54, 1.807) is 7.11 Å². The first-order chi connectivity index (χ1) is 6.69. The fourth-order valence-corrected chi connectivity index (χ4v) is 1.63. The van der Waals surface area contributed by atoms with Crippen LogP contribution in [0.5, 0.6) is 5.75 Å². The number of rotatable bonds is 4. The quantitative estimate of drug-likeness (QED) is 0.896. The van der Waals surface area contributed by atoms with Crippen LogP contribution >= 0.6 is 28.3 Å². The fraction of sp³-hybridized carbons (Fsp3) is 0.400. The summed E-state index contributed by atoms with van der Waals surface area (Å²) in [5.74, 6) is 0.750. The molecule has 1 atom stereocenters. The van der Waals surface area contributed by atoms with Crippen LogP contribution in [0, 0.1) is 0 Å². The SMILES string of the molecule is COc1cc(Br)ccc1[C@H](N)CCO.Cl. The highest BCUT2D eigenvalue weighted by molar-refractivity contribution is 9.10. The first-order valence-corrected chi connectivity index (χ1v) is 5.18. The van der Waals surface area contributed by atoms with Crippen LogP contribution in [0.1, 0.15) is 18.0 Å². The van der Waals surface area contributed by atoms with E-state index in [4.69, 9.17) is 15.6 Å². The third kappa shape index (κ3) is 3.99. The normalized spacial score (nSPS) is 11.7. The Morgan fingerprint density at radius 2 is 2.20 bits per heavy atom. The van der Waals surface area contributed by atoms with Gasteiger partial charge in [-0.25, -0.2) is 0 Å². The molecule has 0 saturated carbocycles. The van der Waals surface area contributed by atoms with Crippen molar-refractivity contribution in [3.63, 3.8) is 0 Å². The first-order valence-electron chi connectivity index (χ1n) is 4.39. The molecule has 1 aromatic carbocycles. The summed E-state index contributed by atoms with van der Waals surface area (Å²) in [4.78, 5) is 0. The summed E-state index contributed by atoms with van der Waals surface area (Å²) >= 11 is 3.36. The highest BCUT2D eigenvalue weighted by atomic mass is 79.9. The van der Waals surface area contributed by atoms with Crippen LogP contribution in [-0.2, 0) is 0 Å². The van der Waals surface area contributed by atoms with Gasteiger partial charge in [-0.3, -0.25) is 0 Å². The molecule has 0 saturated heterocycles. The molecule has 15 heavy (non-hydrogen) atoms. The summed E-state index contributed by atoms with van der Waals surface area (Å²) in [5.41, 5.74) is 6.80. The zero-order valence-corrected chi connectivity index (χ0v) is 10.8. The molecule has 0 fully saturated rings. The number of halogens is 2. The summed E-state index contributed by atoms with van der Waals surface area (Å²) in [5, 5.41) is 8.79. The molecule has 0 unspecified atom stereocenters. The molecular formula is C10H15BrClNO2. The molecule has 0 heterocycles. The Morgan fingerprint density at radius 1 is 1.53 bits per heavy atom. The summed E-state index contributed by atoms with van der Waals surface area (Å²) < 4.78 is 6.16. The van der Waals surface area contributed by atoms with Crippen molar-refractivity contribution in [3.8, 4) is 5.75 Å². The second kappa shape index (κ2) is 7.06. The van der Waals surface area contributed by atoms with E-state index in [0.29, 0.717) is 6.42 Å². The average molecular weight is 297 g/mol. The predicted octanol–water partition coefficient (Wildman–Crippen LogP) is 2.26. The van der Waals surface area contributed by atoms with Crippen molar-refractivity contribution in [3.05, 3.63) is 28.2 Å². The molecular weight excluding hydrogens is 281 g/mol. The van der Waals surface area contributed by atoms with E-state index < -0.39 is 0 Å². The van der Waals surface area contributed by atoms with Crippen molar-refractivity contribution in [1.29, 1.82) is 0 Å². The van der Waals surface area contributed by atoms with Crippen molar-refractivity contribution in [2.45, 2.75) is 12.5 Å². The Morgan fingerprint density at radius 3 is 2.73 bits per heavy atom. The average Bonchev–Trinajstić information content (AvgIpc) is 2.17. The highest BCUT2D eigenvalue weighted by Crippen LogP contribution is 2.28. The minimum absolute atomic E-state index is 0. The number of hydrogen-bond acceptors (Lipinski definition) is 3. The number of hydrogen-bond donors (Lipinski definition) is 2. The van der Waals surface area contributed by atoms with Crippen LogP contribution in [-0.4, -0.2) is 18.8 Å². The van der Waals surface area contributed by atoms with Gasteiger partial charge in [-0.2, -0.15) is 0 Å². The monoisotopic (exact) mass is 295 g/mol. The molecule has 0 aromatic heterocycles. The lowest BCUT2D eigenvalue weighted by Gasteiger charge is -2.14. The van der Waals surface area contributed by atoms with Gasteiger partial charge >= 0.3 is 0 Å². The molecule has 3 N–H and O–H groups in total. The Hall–Kier alpha value is -0.290. The van der Waals surface area contributed by atoms with Gasteiger partial charge in [0.05, 0.1) is 7.11 Å². The van der Waals surface area contributed by atoms with Crippen LogP contribution in [0.15, 0.2) is 22.7 Å². The van der Waals surface area contributed by atoms with Crippen LogP contribution < -0.4 is 10.5 Å². The number of aliphatic hydroxyl groups excluding tert-OH is 1. The smallest absolute Gasteiger partial charge is 0.124 e. The maximum atomic E-state index is 8.79. The second-order valence-corrected chi connectivity index (χ2v) is 3.92. The number of benzene rings is 1. The molecule has 0 aliphatic rings. The third-order valence-corrected chi connectivity index (χ3v) is 2.53. The first kappa shape index (κ1) is 14.7. The summed E-state index contributed by atoms with van der Waals surface area (Å²) in [6.07, 6.45) is 0.540. The molecule has 0 aliphatic heterocycles. The molecule has 86 valence electrons. The van der Waals surface area contributed by atoms with Crippen molar-refractivity contribution in [1.82, 2.24) is 0 Å². The minimum atomic E-state index is -0.178. The van der Waals surface area contributed by atoms with Crippen molar-refractivity contribution >= 4 is 28.3 Å². The fourth-order valence-electron chi connectivity index (χ4n) is 1.29. The van der Waals surface area contributed by atoms with Gasteiger partial charge < -0.3 is 15.6 Å². The van der Waals surface area contributed by atoms with Crippen LogP contribution in [0.2, 0.25) is 0 Å². The van der Waals surface area contributed by atoms with E-state index in [2.05, 4.69) is 15.9 Å². The maximum Gasteiger partial charge on any atom is 0.124 e. The van der Waals surface area contributed by atoms with Gasteiger partial charge in [-0.1, -0.05) is 22.0 Å². The third-order valence-electron chi connectivity index (χ3n) is 2.04. The lowest BCUT2D eigenvalue weighted by molar-refractivity contribution is 0.275. The molecule has 0 spiro atoms. The molecule has 5 heteroatoms. The maximum absolute atomic E-state index is 8.79. The lowest BCUT2D eigenvalue weighted by atomic mass is 10.0. The minimum Gasteiger partial charge on any atom is -0.496 e. The van der Waals surface area contributed by atoms with Gasteiger partial charge in [0.15, 0.2) is 0 Å². The van der Waals surface area contributed by atoms with Gasteiger partial charge in [0.2, 0.25) is 0 Å². The molecule has 3 nitrogen and oxygen atoms in total. The standard InChI is InChI=1S/C10H14BrNO2.ClH/c1-14-10-6-7(11)2-3-8(10)9(12)4-5-13;/h2-3,6,9,13H,4-5,12H2,1H3;1H/t9-;/m1./s1. The van der Waals surface area contributed by atoms with E-state index in [1.807, 2.05) is 18.2 Å². The van der Waals surface area contributed by atoms with E-state index >= 15 is 0 Å². The second-order valence-electron chi connectivity index (χ2n) is 3.01. The van der Waals surface area contributed by atoms with Crippen molar-refractivity contribution < 1.29 is 9.84 Å². The molecule has 1 aromatic rings. The Kier molecular flexibility index (Phi) is 6.92. The van der Waals surface area contributed by atoms with E-state index in [-0.39, 0.29) is 25.1 Å². The molecule has 0 amide bonds. The molecule has 1 rings (SSSR count). The van der Waals surface area contributed by atoms with Gasteiger partial charge in [0, 0.05) is 22.7 Å². The van der Waals surface area contributed by atoms with Gasteiger partial charge in [0.25, 0.3) is 0 Å². The van der Waals surface area contributed by atoms with E-state index in [9.17, 15) is 0 Å². The van der Waals surface area contributed by atoms with Crippen LogP contribution in [0.25, 0.3) is 0 Å². The van der Waals surface area contributed by atoms with E-state index in [0.717, 1.165) is 15.8 Å².